The average Bonchev–Trinajstić information content (AvgIpc) is 3.09. The number of rotatable bonds is 7. The molecule has 0 radical (unpaired) electrons. The highest BCUT2D eigenvalue weighted by Gasteiger charge is 2.01. The summed E-state index contributed by atoms with van der Waals surface area (Å²) < 4.78 is 7.44. The van der Waals surface area contributed by atoms with Crippen LogP contribution in [0.2, 0.25) is 0 Å². The van der Waals surface area contributed by atoms with Crippen molar-refractivity contribution >= 4 is 12.0 Å². The normalized spacial score (nSPS) is 10.8. The van der Waals surface area contributed by atoms with Crippen molar-refractivity contribution < 1.29 is 9.53 Å². The van der Waals surface area contributed by atoms with Crippen LogP contribution in [0.1, 0.15) is 16.8 Å². The molecule has 2 heterocycles. The average molecular weight is 348 g/mol. The van der Waals surface area contributed by atoms with Crippen LogP contribution >= 0.6 is 0 Å². The summed E-state index contributed by atoms with van der Waals surface area (Å²) in [7, 11) is 1.83. The quantitative estimate of drug-likeness (QED) is 0.667. The van der Waals surface area contributed by atoms with E-state index in [0.29, 0.717) is 13.2 Å². The largest absolute Gasteiger partial charge is 0.487 e. The molecule has 3 rings (SSSR count). The Morgan fingerprint density at radius 1 is 1.27 bits per heavy atom. The molecule has 1 aromatic carbocycles. The minimum atomic E-state index is -0.159. The molecular weight excluding hydrogens is 328 g/mol. The van der Waals surface area contributed by atoms with Gasteiger partial charge in [-0.3, -0.25) is 14.5 Å². The zero-order chi connectivity index (χ0) is 18.2. The van der Waals surface area contributed by atoms with Gasteiger partial charge < -0.3 is 10.1 Å². The Balaban J connectivity index is 1.50. The number of nitrogens with one attached hydrogen (secondary N) is 1. The topological polar surface area (TPSA) is 69.0 Å². The Bertz CT molecular complexity index is 888. The number of carbonyl (C=O) groups excluding carboxylic acids is 1. The van der Waals surface area contributed by atoms with E-state index in [0.717, 1.165) is 22.6 Å². The number of hydrogen-bond donors (Lipinski definition) is 1. The van der Waals surface area contributed by atoms with E-state index in [1.165, 1.54) is 6.08 Å². The third-order valence-corrected chi connectivity index (χ3v) is 3.63. The van der Waals surface area contributed by atoms with Crippen LogP contribution in [-0.2, 0) is 25.0 Å². The van der Waals surface area contributed by atoms with Crippen LogP contribution < -0.4 is 10.1 Å². The summed E-state index contributed by atoms with van der Waals surface area (Å²) >= 11 is 0. The molecule has 0 atom stereocenters. The summed E-state index contributed by atoms with van der Waals surface area (Å²) in [5.74, 6) is 0.585. The molecule has 0 saturated carbocycles. The number of hydrogen-bond acceptors (Lipinski definition) is 4. The maximum Gasteiger partial charge on any atom is 0.244 e. The number of aryl methyl sites for hydroxylation is 1. The smallest absolute Gasteiger partial charge is 0.244 e. The minimum absolute atomic E-state index is 0.159. The predicted octanol–water partition coefficient (Wildman–Crippen LogP) is 2.72. The summed E-state index contributed by atoms with van der Waals surface area (Å²) in [6.07, 6.45) is 8.51. The number of pyridine rings is 1. The number of aromatic nitrogens is 3. The van der Waals surface area contributed by atoms with Crippen molar-refractivity contribution in [1.29, 1.82) is 0 Å². The van der Waals surface area contributed by atoms with Gasteiger partial charge in [-0.2, -0.15) is 5.10 Å². The lowest BCUT2D eigenvalue weighted by Gasteiger charge is -2.08. The van der Waals surface area contributed by atoms with Gasteiger partial charge in [0.2, 0.25) is 5.91 Å². The Morgan fingerprint density at radius 2 is 2.19 bits per heavy atom. The predicted molar refractivity (Wildman–Crippen MR) is 99.1 cm³/mol. The molecule has 0 aliphatic carbocycles. The molecule has 0 aliphatic heterocycles. The van der Waals surface area contributed by atoms with Crippen LogP contribution in [0, 0.1) is 0 Å². The van der Waals surface area contributed by atoms with Gasteiger partial charge >= 0.3 is 0 Å². The fourth-order valence-electron chi connectivity index (χ4n) is 2.33. The fourth-order valence-corrected chi connectivity index (χ4v) is 2.33. The molecule has 0 fully saturated rings. The summed E-state index contributed by atoms with van der Waals surface area (Å²) in [4.78, 5) is 16.2. The van der Waals surface area contributed by atoms with Gasteiger partial charge in [0, 0.05) is 37.6 Å². The molecule has 0 bridgehead atoms. The Hall–Kier alpha value is -3.41. The molecule has 132 valence electrons. The highest BCUT2D eigenvalue weighted by molar-refractivity contribution is 5.91. The first-order valence-corrected chi connectivity index (χ1v) is 8.25. The van der Waals surface area contributed by atoms with E-state index in [1.807, 2.05) is 55.7 Å². The summed E-state index contributed by atoms with van der Waals surface area (Å²) in [6, 6.07) is 13.4. The SMILES string of the molecule is Cn1cc(/C=C/C(=O)NCc2cccc(OCc3ccccn3)c2)cn1. The molecule has 0 aliphatic rings. The Morgan fingerprint density at radius 3 is 2.96 bits per heavy atom. The van der Waals surface area contributed by atoms with Gasteiger partial charge in [-0.25, -0.2) is 0 Å². The van der Waals surface area contributed by atoms with Crippen LogP contribution in [0.15, 0.2) is 67.1 Å². The van der Waals surface area contributed by atoms with Crippen molar-refractivity contribution in [2.45, 2.75) is 13.2 Å². The van der Waals surface area contributed by atoms with Crippen LogP contribution in [0.4, 0.5) is 0 Å². The van der Waals surface area contributed by atoms with E-state index in [2.05, 4.69) is 15.4 Å². The molecule has 3 aromatic rings. The van der Waals surface area contributed by atoms with Gasteiger partial charge in [0.15, 0.2) is 0 Å². The molecule has 26 heavy (non-hydrogen) atoms. The number of nitrogens with zero attached hydrogens (tertiary/aromatic N) is 3. The van der Waals surface area contributed by atoms with Crippen LogP contribution in [0.3, 0.4) is 0 Å². The van der Waals surface area contributed by atoms with Gasteiger partial charge in [0.25, 0.3) is 0 Å². The van der Waals surface area contributed by atoms with Crippen molar-refractivity contribution in [2.75, 3.05) is 0 Å². The summed E-state index contributed by atoms with van der Waals surface area (Å²) in [5, 5.41) is 6.91. The molecule has 0 saturated heterocycles. The van der Waals surface area contributed by atoms with Gasteiger partial charge in [-0.1, -0.05) is 18.2 Å². The lowest BCUT2D eigenvalue weighted by molar-refractivity contribution is -0.116. The lowest BCUT2D eigenvalue weighted by Crippen LogP contribution is -2.20. The monoisotopic (exact) mass is 348 g/mol. The minimum Gasteiger partial charge on any atom is -0.487 e. The molecule has 0 unspecified atom stereocenters. The molecular formula is C20H20N4O2. The van der Waals surface area contributed by atoms with E-state index in [9.17, 15) is 4.79 Å². The lowest BCUT2D eigenvalue weighted by atomic mass is 10.2. The highest BCUT2D eigenvalue weighted by Crippen LogP contribution is 2.14. The zero-order valence-corrected chi connectivity index (χ0v) is 14.5. The van der Waals surface area contributed by atoms with Gasteiger partial charge in [0.05, 0.1) is 11.9 Å². The molecule has 2 aromatic heterocycles. The van der Waals surface area contributed by atoms with Crippen LogP contribution in [0.5, 0.6) is 5.75 Å². The van der Waals surface area contributed by atoms with Crippen molar-refractivity contribution in [1.82, 2.24) is 20.1 Å². The van der Waals surface area contributed by atoms with E-state index >= 15 is 0 Å². The number of carbonyl (C=O) groups is 1. The van der Waals surface area contributed by atoms with Crippen molar-refractivity contribution in [3.05, 3.63) is 84.0 Å². The first-order valence-electron chi connectivity index (χ1n) is 8.25. The number of amides is 1. The number of benzene rings is 1. The zero-order valence-electron chi connectivity index (χ0n) is 14.5. The maximum absolute atomic E-state index is 11.9. The third kappa shape index (κ3) is 5.31. The second kappa shape index (κ2) is 8.62. The fraction of sp³-hybridized carbons (Fsp3) is 0.150. The van der Waals surface area contributed by atoms with Gasteiger partial charge in [-0.15, -0.1) is 0 Å². The van der Waals surface area contributed by atoms with Crippen LogP contribution in [-0.4, -0.2) is 20.7 Å². The second-order valence-corrected chi connectivity index (χ2v) is 5.76. The Labute approximate surface area is 152 Å². The number of ether oxygens (including phenoxy) is 1. The molecule has 6 heteroatoms. The molecule has 1 N–H and O–H groups in total. The van der Waals surface area contributed by atoms with Crippen molar-refractivity contribution in [2.24, 2.45) is 7.05 Å². The molecule has 6 nitrogen and oxygen atoms in total. The van der Waals surface area contributed by atoms with Crippen LogP contribution in [0.25, 0.3) is 6.08 Å². The van der Waals surface area contributed by atoms with E-state index < -0.39 is 0 Å². The van der Waals surface area contributed by atoms with Crippen molar-refractivity contribution in [3.8, 4) is 5.75 Å². The van der Waals surface area contributed by atoms with E-state index in [-0.39, 0.29) is 5.91 Å². The van der Waals surface area contributed by atoms with Crippen molar-refractivity contribution in [3.63, 3.8) is 0 Å². The summed E-state index contributed by atoms with van der Waals surface area (Å²) in [5.41, 5.74) is 2.71. The van der Waals surface area contributed by atoms with E-state index in [1.54, 1.807) is 23.2 Å². The third-order valence-electron chi connectivity index (χ3n) is 3.63. The molecule has 0 spiro atoms. The second-order valence-electron chi connectivity index (χ2n) is 5.76. The first kappa shape index (κ1) is 17.4. The van der Waals surface area contributed by atoms with E-state index in [4.69, 9.17) is 4.74 Å². The Kier molecular flexibility index (Phi) is 5.77. The first-order chi connectivity index (χ1) is 12.7. The van der Waals surface area contributed by atoms with Gasteiger partial charge in [0.1, 0.15) is 12.4 Å². The maximum atomic E-state index is 11.9. The molecule has 1 amide bonds. The summed E-state index contributed by atoms with van der Waals surface area (Å²) in [6.45, 7) is 0.835. The highest BCUT2D eigenvalue weighted by atomic mass is 16.5. The standard InChI is InChI=1S/C20H20N4O2/c1-24-14-17(13-23-24)8-9-20(25)22-12-16-5-4-7-19(11-16)26-15-18-6-2-3-10-21-18/h2-11,13-14H,12,15H2,1H3,(H,22,25)/b9-8+. The van der Waals surface area contributed by atoms with Gasteiger partial charge in [-0.05, 0) is 35.9 Å².